The van der Waals surface area contributed by atoms with Crippen molar-refractivity contribution in [1.82, 2.24) is 4.90 Å². The van der Waals surface area contributed by atoms with E-state index < -0.39 is 0 Å². The van der Waals surface area contributed by atoms with Gasteiger partial charge in [0, 0.05) is 30.1 Å². The molecular weight excluding hydrogens is 214 g/mol. The number of hydrogen-bond donors (Lipinski definition) is 1. The number of alkyl halides is 1. The van der Waals surface area contributed by atoms with Crippen LogP contribution in [0.25, 0.3) is 0 Å². The fourth-order valence-electron chi connectivity index (χ4n) is 1.06. The largest absolute Gasteiger partial charge is 0.341 e. The molecule has 0 aromatic rings. The molecule has 0 spiro atoms. The molecule has 0 aromatic carbocycles. The molecule has 58 valence electrons. The van der Waals surface area contributed by atoms with E-state index in [-0.39, 0.29) is 5.91 Å². The van der Waals surface area contributed by atoms with Gasteiger partial charge in [0.25, 0.3) is 0 Å². The third-order valence-electron chi connectivity index (χ3n) is 1.54. The average molecular weight is 224 g/mol. The Morgan fingerprint density at radius 2 is 2.50 bits per heavy atom. The lowest BCUT2D eigenvalue weighted by molar-refractivity contribution is -0.127. The first-order chi connectivity index (χ1) is 4.74. The highest BCUT2D eigenvalue weighted by Crippen LogP contribution is 2.17. The van der Waals surface area contributed by atoms with Crippen molar-refractivity contribution in [2.45, 2.75) is 11.2 Å². The molecule has 1 aliphatic rings. The number of nitrogens with zero attached hydrogens (tertiary/aromatic N) is 1. The summed E-state index contributed by atoms with van der Waals surface area (Å²) in [6.45, 7) is 1.63. The van der Waals surface area contributed by atoms with Crippen molar-refractivity contribution in [3.05, 3.63) is 0 Å². The molecule has 1 heterocycles. The van der Waals surface area contributed by atoms with E-state index in [1.165, 1.54) is 0 Å². The smallest absolute Gasteiger partial charge is 0.223 e. The van der Waals surface area contributed by atoms with E-state index in [0.29, 0.717) is 11.2 Å². The van der Waals surface area contributed by atoms with Gasteiger partial charge in [-0.05, 0) is 0 Å². The van der Waals surface area contributed by atoms with Crippen LogP contribution in [0, 0.1) is 0 Å². The molecule has 1 rings (SSSR count). The van der Waals surface area contributed by atoms with Crippen molar-refractivity contribution < 1.29 is 4.79 Å². The zero-order valence-corrected chi connectivity index (χ0v) is 8.07. The summed E-state index contributed by atoms with van der Waals surface area (Å²) in [4.78, 5) is 13.2. The van der Waals surface area contributed by atoms with Crippen LogP contribution in [0.5, 0.6) is 0 Å². The standard InChI is InChI=1S/C6H10BrNOS/c7-5-3-6(9)8(4-5)1-2-10/h5,10H,1-4H2. The number of carbonyl (C=O) groups excluding carboxylic acids is 1. The van der Waals surface area contributed by atoms with Crippen molar-refractivity contribution in [3.8, 4) is 0 Å². The molecule has 1 unspecified atom stereocenters. The highest BCUT2D eigenvalue weighted by Gasteiger charge is 2.26. The maximum atomic E-state index is 11.0. The molecule has 0 saturated carbocycles. The number of halogens is 1. The third kappa shape index (κ3) is 1.89. The van der Waals surface area contributed by atoms with Gasteiger partial charge in [-0.2, -0.15) is 12.6 Å². The molecule has 1 atom stereocenters. The van der Waals surface area contributed by atoms with Crippen LogP contribution < -0.4 is 0 Å². The molecule has 0 aliphatic carbocycles. The van der Waals surface area contributed by atoms with E-state index in [4.69, 9.17) is 0 Å². The van der Waals surface area contributed by atoms with Crippen LogP contribution in [0.3, 0.4) is 0 Å². The van der Waals surface area contributed by atoms with E-state index in [2.05, 4.69) is 28.6 Å². The molecule has 10 heavy (non-hydrogen) atoms. The Kier molecular flexibility index (Phi) is 3.04. The van der Waals surface area contributed by atoms with E-state index in [1.807, 2.05) is 4.90 Å². The Morgan fingerprint density at radius 3 is 2.90 bits per heavy atom. The minimum atomic E-state index is 0.246. The van der Waals surface area contributed by atoms with E-state index in [0.717, 1.165) is 18.8 Å². The van der Waals surface area contributed by atoms with Gasteiger partial charge in [0.05, 0.1) is 0 Å². The lowest BCUT2D eigenvalue weighted by Crippen LogP contribution is -2.27. The zero-order valence-electron chi connectivity index (χ0n) is 5.59. The second-order valence-electron chi connectivity index (χ2n) is 2.36. The molecule has 2 nitrogen and oxygen atoms in total. The molecule has 1 aliphatic heterocycles. The second-order valence-corrected chi connectivity index (χ2v) is 4.11. The highest BCUT2D eigenvalue weighted by molar-refractivity contribution is 9.09. The van der Waals surface area contributed by atoms with Crippen molar-refractivity contribution in [2.24, 2.45) is 0 Å². The van der Waals surface area contributed by atoms with Crippen LogP contribution in [-0.4, -0.2) is 34.5 Å². The van der Waals surface area contributed by atoms with Crippen LogP contribution in [0.4, 0.5) is 0 Å². The predicted octanol–water partition coefficient (Wildman–Crippen LogP) is 0.912. The van der Waals surface area contributed by atoms with Crippen LogP contribution in [-0.2, 0) is 4.79 Å². The molecule has 0 aromatic heterocycles. The van der Waals surface area contributed by atoms with Crippen molar-refractivity contribution in [2.75, 3.05) is 18.8 Å². The number of hydrogen-bond acceptors (Lipinski definition) is 2. The summed E-state index contributed by atoms with van der Waals surface area (Å²) in [7, 11) is 0. The summed E-state index contributed by atoms with van der Waals surface area (Å²) >= 11 is 7.46. The number of thiol groups is 1. The number of likely N-dealkylation sites (tertiary alicyclic amines) is 1. The zero-order chi connectivity index (χ0) is 7.56. The van der Waals surface area contributed by atoms with Gasteiger partial charge < -0.3 is 4.90 Å². The van der Waals surface area contributed by atoms with E-state index >= 15 is 0 Å². The molecule has 1 amide bonds. The van der Waals surface area contributed by atoms with Crippen molar-refractivity contribution in [3.63, 3.8) is 0 Å². The maximum Gasteiger partial charge on any atom is 0.223 e. The molecule has 0 N–H and O–H groups in total. The summed E-state index contributed by atoms with van der Waals surface area (Å²) in [5.41, 5.74) is 0. The van der Waals surface area contributed by atoms with Gasteiger partial charge in [-0.3, -0.25) is 4.79 Å². The third-order valence-corrected chi connectivity index (χ3v) is 2.35. The summed E-state index contributed by atoms with van der Waals surface area (Å²) in [6, 6.07) is 0. The van der Waals surface area contributed by atoms with Gasteiger partial charge in [0.15, 0.2) is 0 Å². The summed E-state index contributed by atoms with van der Waals surface area (Å²) < 4.78 is 0. The topological polar surface area (TPSA) is 20.3 Å². The van der Waals surface area contributed by atoms with Crippen molar-refractivity contribution >= 4 is 34.5 Å². The van der Waals surface area contributed by atoms with Gasteiger partial charge >= 0.3 is 0 Å². The van der Waals surface area contributed by atoms with E-state index in [1.54, 1.807) is 0 Å². The predicted molar refractivity (Wildman–Crippen MR) is 47.8 cm³/mol. The first kappa shape index (κ1) is 8.40. The lowest BCUT2D eigenvalue weighted by atomic mass is 10.4. The SMILES string of the molecule is O=C1CC(Br)CN1CCS. The van der Waals surface area contributed by atoms with Gasteiger partial charge in [0.2, 0.25) is 5.91 Å². The fourth-order valence-corrected chi connectivity index (χ4v) is 1.93. The average Bonchev–Trinajstić information content (AvgIpc) is 2.13. The first-order valence-electron chi connectivity index (χ1n) is 3.26. The Bertz CT molecular complexity index is 142. The van der Waals surface area contributed by atoms with Crippen LogP contribution in [0.1, 0.15) is 6.42 Å². The van der Waals surface area contributed by atoms with Gasteiger partial charge in [-0.25, -0.2) is 0 Å². The first-order valence-corrected chi connectivity index (χ1v) is 4.81. The molecule has 1 saturated heterocycles. The number of rotatable bonds is 2. The molecule has 0 bridgehead atoms. The van der Waals surface area contributed by atoms with Crippen LogP contribution in [0.2, 0.25) is 0 Å². The van der Waals surface area contributed by atoms with Crippen molar-refractivity contribution in [1.29, 1.82) is 0 Å². The van der Waals surface area contributed by atoms with Gasteiger partial charge in [-0.15, -0.1) is 0 Å². The molecular formula is C6H10BrNOS. The van der Waals surface area contributed by atoms with Gasteiger partial charge in [0.1, 0.15) is 0 Å². The summed E-state index contributed by atoms with van der Waals surface area (Å²) in [6.07, 6.45) is 0.647. The number of carbonyl (C=O) groups is 1. The quantitative estimate of drug-likeness (QED) is 0.546. The van der Waals surface area contributed by atoms with Crippen LogP contribution in [0.15, 0.2) is 0 Å². The highest BCUT2D eigenvalue weighted by atomic mass is 79.9. The summed E-state index contributed by atoms with van der Waals surface area (Å²) in [5.74, 6) is 1.00. The molecule has 1 fully saturated rings. The summed E-state index contributed by atoms with van der Waals surface area (Å²) in [5, 5.41) is 0. The fraction of sp³-hybridized carbons (Fsp3) is 0.833. The minimum absolute atomic E-state index is 0.246. The minimum Gasteiger partial charge on any atom is -0.341 e. The monoisotopic (exact) mass is 223 g/mol. The molecule has 0 radical (unpaired) electrons. The Labute approximate surface area is 74.5 Å². The lowest BCUT2D eigenvalue weighted by Gasteiger charge is -2.12. The maximum absolute atomic E-state index is 11.0. The normalized spacial score (nSPS) is 26.0. The Hall–Kier alpha value is 0.300. The van der Waals surface area contributed by atoms with Crippen LogP contribution >= 0.6 is 28.6 Å². The van der Waals surface area contributed by atoms with E-state index in [9.17, 15) is 4.79 Å². The number of amides is 1. The second kappa shape index (κ2) is 3.62. The molecule has 4 heteroatoms. The Morgan fingerprint density at radius 1 is 1.80 bits per heavy atom. The van der Waals surface area contributed by atoms with Gasteiger partial charge in [-0.1, -0.05) is 15.9 Å². The Balaban J connectivity index is 2.39.